The standard InChI is InChI=1S/C15H11FN2/c16-13-8-4-7-12(9-13)14-10-17-15(18-14)11-5-2-1-3-6-11/h1-10H,(H,17,18). The smallest absolute Gasteiger partial charge is 0.138 e. The predicted octanol–water partition coefficient (Wildman–Crippen LogP) is 3.88. The van der Waals surface area contributed by atoms with Gasteiger partial charge in [-0.05, 0) is 12.1 Å². The zero-order valence-corrected chi connectivity index (χ0v) is 9.60. The molecule has 0 spiro atoms. The molecule has 0 bridgehead atoms. The second-order valence-corrected chi connectivity index (χ2v) is 4.01. The molecule has 0 unspecified atom stereocenters. The highest BCUT2D eigenvalue weighted by Gasteiger charge is 2.05. The molecule has 0 saturated heterocycles. The summed E-state index contributed by atoms with van der Waals surface area (Å²) >= 11 is 0. The van der Waals surface area contributed by atoms with E-state index in [0.29, 0.717) is 0 Å². The van der Waals surface area contributed by atoms with Crippen molar-refractivity contribution in [2.75, 3.05) is 0 Å². The Kier molecular flexibility index (Phi) is 2.65. The molecule has 0 aliphatic rings. The summed E-state index contributed by atoms with van der Waals surface area (Å²) in [4.78, 5) is 7.58. The third-order valence-electron chi connectivity index (χ3n) is 2.75. The van der Waals surface area contributed by atoms with Crippen LogP contribution in [0.5, 0.6) is 0 Å². The molecule has 3 aromatic rings. The third kappa shape index (κ3) is 2.02. The van der Waals surface area contributed by atoms with Crippen molar-refractivity contribution in [2.45, 2.75) is 0 Å². The van der Waals surface area contributed by atoms with E-state index in [2.05, 4.69) is 9.97 Å². The van der Waals surface area contributed by atoms with Crippen LogP contribution in [-0.4, -0.2) is 9.97 Å². The van der Waals surface area contributed by atoms with Crippen molar-refractivity contribution in [1.29, 1.82) is 0 Å². The highest BCUT2D eigenvalue weighted by Crippen LogP contribution is 2.22. The van der Waals surface area contributed by atoms with Crippen molar-refractivity contribution < 1.29 is 4.39 Å². The van der Waals surface area contributed by atoms with E-state index in [4.69, 9.17) is 0 Å². The number of aromatic nitrogens is 2. The number of nitrogens with zero attached hydrogens (tertiary/aromatic N) is 1. The molecule has 0 radical (unpaired) electrons. The number of rotatable bonds is 2. The average molecular weight is 238 g/mol. The van der Waals surface area contributed by atoms with Crippen LogP contribution in [0.3, 0.4) is 0 Å². The van der Waals surface area contributed by atoms with Gasteiger partial charge in [0.2, 0.25) is 0 Å². The highest BCUT2D eigenvalue weighted by molar-refractivity contribution is 5.64. The maximum Gasteiger partial charge on any atom is 0.138 e. The van der Waals surface area contributed by atoms with Crippen molar-refractivity contribution in [1.82, 2.24) is 9.97 Å². The van der Waals surface area contributed by atoms with E-state index >= 15 is 0 Å². The summed E-state index contributed by atoms with van der Waals surface area (Å²) < 4.78 is 13.1. The first-order valence-electron chi connectivity index (χ1n) is 5.70. The summed E-state index contributed by atoms with van der Waals surface area (Å²) in [5.41, 5.74) is 2.53. The summed E-state index contributed by atoms with van der Waals surface area (Å²) in [7, 11) is 0. The van der Waals surface area contributed by atoms with Crippen LogP contribution in [0.2, 0.25) is 0 Å². The number of hydrogen-bond donors (Lipinski definition) is 1. The van der Waals surface area contributed by atoms with E-state index < -0.39 is 0 Å². The van der Waals surface area contributed by atoms with Crippen LogP contribution in [-0.2, 0) is 0 Å². The van der Waals surface area contributed by atoms with Gasteiger partial charge in [0.05, 0.1) is 5.69 Å². The highest BCUT2D eigenvalue weighted by atomic mass is 19.1. The lowest BCUT2D eigenvalue weighted by Crippen LogP contribution is -1.81. The van der Waals surface area contributed by atoms with Crippen molar-refractivity contribution in [3.05, 3.63) is 66.6 Å². The van der Waals surface area contributed by atoms with Crippen molar-refractivity contribution in [2.24, 2.45) is 0 Å². The van der Waals surface area contributed by atoms with E-state index in [0.717, 1.165) is 22.6 Å². The second kappa shape index (κ2) is 4.45. The van der Waals surface area contributed by atoms with E-state index in [-0.39, 0.29) is 5.82 Å². The number of halogens is 1. The monoisotopic (exact) mass is 238 g/mol. The SMILES string of the molecule is Fc1cccc(-c2c[nH]c(-c3ccccc3)n2)c1. The maximum absolute atomic E-state index is 13.1. The summed E-state index contributed by atoms with van der Waals surface area (Å²) in [5, 5.41) is 0. The van der Waals surface area contributed by atoms with E-state index in [1.165, 1.54) is 12.1 Å². The Morgan fingerprint density at radius 1 is 0.889 bits per heavy atom. The quantitative estimate of drug-likeness (QED) is 0.721. The zero-order valence-electron chi connectivity index (χ0n) is 9.60. The summed E-state index contributed by atoms with van der Waals surface area (Å²) in [6, 6.07) is 16.3. The minimum absolute atomic E-state index is 0.253. The molecule has 18 heavy (non-hydrogen) atoms. The van der Waals surface area contributed by atoms with Gasteiger partial charge in [-0.25, -0.2) is 9.37 Å². The van der Waals surface area contributed by atoms with Crippen molar-refractivity contribution in [3.8, 4) is 22.6 Å². The van der Waals surface area contributed by atoms with Crippen molar-refractivity contribution >= 4 is 0 Å². The van der Waals surface area contributed by atoms with Crippen LogP contribution in [0.4, 0.5) is 4.39 Å². The van der Waals surface area contributed by atoms with Crippen LogP contribution < -0.4 is 0 Å². The molecule has 0 fully saturated rings. The van der Waals surface area contributed by atoms with Gasteiger partial charge in [-0.1, -0.05) is 42.5 Å². The molecule has 1 N–H and O–H groups in total. The Bertz CT molecular complexity index is 659. The van der Waals surface area contributed by atoms with Crippen LogP contribution in [0.15, 0.2) is 60.8 Å². The lowest BCUT2D eigenvalue weighted by Gasteiger charge is -1.96. The first-order valence-corrected chi connectivity index (χ1v) is 5.70. The van der Waals surface area contributed by atoms with E-state index in [1.807, 2.05) is 36.4 Å². The number of benzene rings is 2. The molecule has 3 heteroatoms. The molecular formula is C15H11FN2. The lowest BCUT2D eigenvalue weighted by atomic mass is 10.2. The largest absolute Gasteiger partial charge is 0.344 e. The Hall–Kier alpha value is -2.42. The zero-order chi connectivity index (χ0) is 12.4. The van der Waals surface area contributed by atoms with Crippen molar-refractivity contribution in [3.63, 3.8) is 0 Å². The fourth-order valence-electron chi connectivity index (χ4n) is 1.86. The Labute approximate surface area is 104 Å². The van der Waals surface area contributed by atoms with Gasteiger partial charge in [-0.2, -0.15) is 0 Å². The number of imidazole rings is 1. The predicted molar refractivity (Wildman–Crippen MR) is 69.4 cm³/mol. The first-order chi connectivity index (χ1) is 8.83. The van der Waals surface area contributed by atoms with Gasteiger partial charge in [-0.3, -0.25) is 0 Å². The summed E-state index contributed by atoms with van der Waals surface area (Å²) in [6.07, 6.45) is 1.79. The molecule has 88 valence electrons. The number of H-pyrrole nitrogens is 1. The fourth-order valence-corrected chi connectivity index (χ4v) is 1.86. The molecule has 0 atom stereocenters. The van der Waals surface area contributed by atoms with Gasteiger partial charge in [-0.15, -0.1) is 0 Å². The van der Waals surface area contributed by atoms with E-state index in [9.17, 15) is 4.39 Å². The van der Waals surface area contributed by atoms with Crippen LogP contribution in [0, 0.1) is 5.82 Å². The van der Waals surface area contributed by atoms with Gasteiger partial charge in [0.25, 0.3) is 0 Å². The number of nitrogens with one attached hydrogen (secondary N) is 1. The second-order valence-electron chi connectivity index (χ2n) is 4.01. The molecule has 1 aromatic heterocycles. The lowest BCUT2D eigenvalue weighted by molar-refractivity contribution is 0.628. The summed E-state index contributed by atoms with van der Waals surface area (Å²) in [5.74, 6) is 0.534. The maximum atomic E-state index is 13.1. The molecule has 1 heterocycles. The Morgan fingerprint density at radius 3 is 2.44 bits per heavy atom. The molecule has 3 rings (SSSR count). The average Bonchev–Trinajstić information content (AvgIpc) is 2.89. The first kappa shape index (κ1) is 10.7. The van der Waals surface area contributed by atoms with Gasteiger partial charge in [0, 0.05) is 17.3 Å². The molecule has 0 aliphatic carbocycles. The number of hydrogen-bond acceptors (Lipinski definition) is 1. The minimum Gasteiger partial charge on any atom is -0.344 e. The molecule has 0 aliphatic heterocycles. The molecule has 2 nitrogen and oxygen atoms in total. The van der Waals surface area contributed by atoms with Crippen LogP contribution in [0.25, 0.3) is 22.6 Å². The van der Waals surface area contributed by atoms with Gasteiger partial charge >= 0.3 is 0 Å². The third-order valence-corrected chi connectivity index (χ3v) is 2.75. The van der Waals surface area contributed by atoms with E-state index in [1.54, 1.807) is 12.3 Å². The Balaban J connectivity index is 2.00. The molecule has 2 aromatic carbocycles. The van der Waals surface area contributed by atoms with Gasteiger partial charge in [0.1, 0.15) is 11.6 Å². The topological polar surface area (TPSA) is 28.7 Å². The number of aromatic amines is 1. The minimum atomic E-state index is -0.253. The molecular weight excluding hydrogens is 227 g/mol. The van der Waals surface area contributed by atoms with Gasteiger partial charge < -0.3 is 4.98 Å². The van der Waals surface area contributed by atoms with Gasteiger partial charge in [0.15, 0.2) is 0 Å². The fraction of sp³-hybridized carbons (Fsp3) is 0. The van der Waals surface area contributed by atoms with Crippen LogP contribution >= 0.6 is 0 Å². The molecule has 0 amide bonds. The normalized spacial score (nSPS) is 10.5. The Morgan fingerprint density at radius 2 is 1.67 bits per heavy atom. The van der Waals surface area contributed by atoms with Crippen LogP contribution in [0.1, 0.15) is 0 Å². The molecule has 0 saturated carbocycles. The summed E-state index contributed by atoms with van der Waals surface area (Å²) in [6.45, 7) is 0.